The van der Waals surface area contributed by atoms with Crippen LogP contribution in [0.15, 0.2) is 54.6 Å². The van der Waals surface area contributed by atoms with E-state index in [1.165, 1.54) is 0 Å². The molecule has 316 valence electrons. The molecule has 0 spiro atoms. The molecular formula is C40H63N9O8. The van der Waals surface area contributed by atoms with Crippen molar-refractivity contribution in [1.82, 2.24) is 31.9 Å². The number of ether oxygens (including phenoxy) is 2. The number of carbonyl (C=O) groups is 6. The molecule has 0 saturated carbocycles. The van der Waals surface area contributed by atoms with E-state index in [4.69, 9.17) is 26.7 Å². The zero-order valence-corrected chi connectivity index (χ0v) is 34.1. The molecule has 12 N–H and O–H groups in total. The van der Waals surface area contributed by atoms with Crippen LogP contribution in [0.3, 0.4) is 0 Å². The van der Waals surface area contributed by atoms with Crippen molar-refractivity contribution in [3.05, 3.63) is 65.7 Å². The minimum atomic E-state index is -1.18. The summed E-state index contributed by atoms with van der Waals surface area (Å²) in [5.74, 6) is -1.89. The lowest BCUT2D eigenvalue weighted by Gasteiger charge is -2.27. The lowest BCUT2D eigenvalue weighted by atomic mass is 10.0. The quantitative estimate of drug-likeness (QED) is 0.0770. The van der Waals surface area contributed by atoms with E-state index in [0.29, 0.717) is 30.7 Å². The van der Waals surface area contributed by atoms with Crippen LogP contribution in [0.25, 0.3) is 0 Å². The third-order valence-corrected chi connectivity index (χ3v) is 8.10. The highest BCUT2D eigenvalue weighted by molar-refractivity contribution is 5.95. The summed E-state index contributed by atoms with van der Waals surface area (Å²) in [6.45, 7) is 11.4. The van der Waals surface area contributed by atoms with Crippen molar-refractivity contribution < 1.29 is 38.2 Å². The van der Waals surface area contributed by atoms with E-state index < -0.39 is 71.1 Å². The molecule has 2 rings (SSSR count). The molecule has 2 aromatic rings. The van der Waals surface area contributed by atoms with Crippen molar-refractivity contribution in [2.45, 2.75) is 115 Å². The molecular weight excluding hydrogens is 734 g/mol. The van der Waals surface area contributed by atoms with E-state index in [-0.39, 0.29) is 45.3 Å². The Morgan fingerprint density at radius 2 is 1.09 bits per heavy atom. The molecule has 17 nitrogen and oxygen atoms in total. The summed E-state index contributed by atoms with van der Waals surface area (Å²) in [6, 6.07) is 10.8. The number of rotatable bonds is 22. The molecule has 0 saturated heterocycles. The Hall–Kier alpha value is -5.42. The number of urea groups is 1. The van der Waals surface area contributed by atoms with E-state index >= 15 is 0 Å². The summed E-state index contributed by atoms with van der Waals surface area (Å²) in [4.78, 5) is 78.9. The minimum absolute atomic E-state index is 0.0494. The summed E-state index contributed by atoms with van der Waals surface area (Å²) in [7, 11) is 0. The summed E-state index contributed by atoms with van der Waals surface area (Å²) < 4.78 is 11.4. The predicted molar refractivity (Wildman–Crippen MR) is 217 cm³/mol. The Morgan fingerprint density at radius 3 is 1.61 bits per heavy atom. The number of unbranched alkanes of at least 4 members (excludes halogenated alkanes) is 1. The molecule has 17 heteroatoms. The number of alkyl carbamates (subject to hydrolysis) is 1. The van der Waals surface area contributed by atoms with Gasteiger partial charge >= 0.3 is 12.1 Å². The van der Waals surface area contributed by atoms with Gasteiger partial charge in [-0.15, -0.1) is 0 Å². The van der Waals surface area contributed by atoms with Gasteiger partial charge in [-0.25, -0.2) is 9.59 Å². The Balaban J connectivity index is 2.37. The predicted octanol–water partition coefficient (Wildman–Crippen LogP) is 1.26. The van der Waals surface area contributed by atoms with Gasteiger partial charge in [0, 0.05) is 25.9 Å². The smallest absolute Gasteiger partial charge is 0.408 e. The molecule has 0 aliphatic rings. The van der Waals surface area contributed by atoms with Gasteiger partial charge in [-0.2, -0.15) is 0 Å². The number of amides is 7. The van der Waals surface area contributed by atoms with Crippen LogP contribution in [-0.4, -0.2) is 97.3 Å². The number of nitrogens with two attached hydrogens (primary N) is 3. The van der Waals surface area contributed by atoms with Crippen molar-refractivity contribution >= 4 is 35.8 Å². The van der Waals surface area contributed by atoms with Gasteiger partial charge in [0.05, 0.1) is 0 Å². The maximum absolute atomic E-state index is 14.1. The van der Waals surface area contributed by atoms with Crippen LogP contribution in [0.4, 0.5) is 9.59 Å². The normalized spacial score (nSPS) is 13.5. The van der Waals surface area contributed by atoms with Gasteiger partial charge in [0.2, 0.25) is 23.6 Å². The molecule has 57 heavy (non-hydrogen) atoms. The number of hydrogen-bond donors (Lipinski definition) is 9. The first kappa shape index (κ1) is 47.7. The molecule has 0 radical (unpaired) electrons. The molecule has 0 bridgehead atoms. The molecule has 0 aromatic heterocycles. The van der Waals surface area contributed by atoms with Gasteiger partial charge in [0.25, 0.3) is 0 Å². The first-order chi connectivity index (χ1) is 26.8. The second-order valence-electron chi connectivity index (χ2n) is 15.6. The van der Waals surface area contributed by atoms with Gasteiger partial charge in [0.15, 0.2) is 0 Å². The van der Waals surface area contributed by atoms with Crippen LogP contribution in [-0.2, 0) is 36.8 Å². The van der Waals surface area contributed by atoms with E-state index in [1.807, 2.05) is 26.8 Å². The number of nitrogens with one attached hydrogen (secondary N) is 6. The molecule has 0 aliphatic carbocycles. The fraction of sp³-hybridized carbons (Fsp3) is 0.550. The summed E-state index contributed by atoms with van der Waals surface area (Å²) in [6.07, 6.45) is 0.569. The zero-order valence-electron chi connectivity index (χ0n) is 34.1. The van der Waals surface area contributed by atoms with E-state index in [2.05, 4.69) is 31.9 Å². The Kier molecular flexibility index (Phi) is 19.8. The largest absolute Gasteiger partial charge is 0.488 e. The molecule has 0 aliphatic heterocycles. The highest BCUT2D eigenvalue weighted by atomic mass is 16.6. The lowest BCUT2D eigenvalue weighted by molar-refractivity contribution is -0.134. The van der Waals surface area contributed by atoms with Gasteiger partial charge in [-0.3, -0.25) is 19.2 Å². The van der Waals surface area contributed by atoms with Crippen molar-refractivity contribution in [1.29, 1.82) is 0 Å². The highest BCUT2D eigenvalue weighted by Crippen LogP contribution is 2.19. The molecule has 0 fully saturated rings. The third-order valence-electron chi connectivity index (χ3n) is 8.10. The maximum atomic E-state index is 14.1. The van der Waals surface area contributed by atoms with Crippen LogP contribution < -0.4 is 53.8 Å². The Labute approximate surface area is 335 Å². The molecule has 4 atom stereocenters. The first-order valence-electron chi connectivity index (χ1n) is 19.2. The fourth-order valence-corrected chi connectivity index (χ4v) is 5.51. The van der Waals surface area contributed by atoms with E-state index in [0.717, 1.165) is 5.56 Å². The number of benzene rings is 2. The average Bonchev–Trinajstić information content (AvgIpc) is 3.11. The van der Waals surface area contributed by atoms with Crippen LogP contribution in [0, 0.1) is 0 Å². The Bertz CT molecular complexity index is 1590. The van der Waals surface area contributed by atoms with Crippen molar-refractivity contribution in [3.8, 4) is 5.75 Å². The second-order valence-corrected chi connectivity index (χ2v) is 15.6. The first-order valence-corrected chi connectivity index (χ1v) is 19.2. The summed E-state index contributed by atoms with van der Waals surface area (Å²) in [5, 5.41) is 15.9. The number of primary amides is 1. The van der Waals surface area contributed by atoms with Crippen LogP contribution in [0.1, 0.15) is 78.4 Å². The number of hydrogen-bond acceptors (Lipinski definition) is 10. The SMILES string of the molecule is CC(C)(C)OC(=O)N[C@@H](Cc1ccc(OC(C)(C)C)cc1)C(=O)N[C@H](CCCCN)C(=O)N[C@@H](Cc1ccccc1)C(=O)N[C@@H](CCN)C(=O)NCCNC(N)=O. The lowest BCUT2D eigenvalue weighted by Crippen LogP contribution is -2.59. The number of carbonyl (C=O) groups excluding carboxylic acids is 6. The van der Waals surface area contributed by atoms with Crippen LogP contribution >= 0.6 is 0 Å². The van der Waals surface area contributed by atoms with Gasteiger partial charge in [-0.05, 0) is 104 Å². The van der Waals surface area contributed by atoms with Crippen molar-refractivity contribution in [2.75, 3.05) is 26.2 Å². The molecule has 0 heterocycles. The Morgan fingerprint density at radius 1 is 0.579 bits per heavy atom. The van der Waals surface area contributed by atoms with Crippen molar-refractivity contribution in [2.24, 2.45) is 17.2 Å². The van der Waals surface area contributed by atoms with Crippen LogP contribution in [0.2, 0.25) is 0 Å². The van der Waals surface area contributed by atoms with Gasteiger partial charge in [0.1, 0.15) is 41.1 Å². The standard InChI is InChI=1S/C40H63N9O8/c1-39(2,3)56-28-17-15-27(16-18-28)25-32(49-38(55)57-40(4,5)6)36(53)46-29(14-10-11-20-41)34(51)48-31(24-26-12-8-7-9-13-26)35(52)47-30(19-21-42)33(50)44-22-23-45-37(43)54/h7-9,12-13,15-18,29-32H,10-11,14,19-25,41-42H2,1-6H3,(H,44,50)(H,46,53)(H,47,52)(H,48,51)(H,49,55)(H3,43,45,54)/t29-,30+,31+,32+/m1/s1. The van der Waals surface area contributed by atoms with E-state index in [1.54, 1.807) is 69.3 Å². The maximum Gasteiger partial charge on any atom is 0.408 e. The summed E-state index contributed by atoms with van der Waals surface area (Å²) in [5.41, 5.74) is 16.8. The topological polar surface area (TPSA) is 271 Å². The molecule has 0 unspecified atom stereocenters. The third kappa shape index (κ3) is 19.8. The fourth-order valence-electron chi connectivity index (χ4n) is 5.51. The summed E-state index contributed by atoms with van der Waals surface area (Å²) >= 11 is 0. The average molecular weight is 798 g/mol. The molecule has 7 amide bonds. The zero-order chi connectivity index (χ0) is 42.6. The van der Waals surface area contributed by atoms with E-state index in [9.17, 15) is 28.8 Å². The highest BCUT2D eigenvalue weighted by Gasteiger charge is 2.32. The van der Waals surface area contributed by atoms with Gasteiger partial charge in [-0.1, -0.05) is 42.5 Å². The van der Waals surface area contributed by atoms with Crippen molar-refractivity contribution in [3.63, 3.8) is 0 Å². The molecule has 2 aromatic carbocycles. The van der Waals surface area contributed by atoms with Crippen LogP contribution in [0.5, 0.6) is 5.75 Å². The monoisotopic (exact) mass is 797 g/mol. The minimum Gasteiger partial charge on any atom is -0.488 e. The second kappa shape index (κ2) is 23.6. The van der Waals surface area contributed by atoms with Gasteiger partial charge < -0.3 is 58.6 Å².